The summed E-state index contributed by atoms with van der Waals surface area (Å²) in [6, 6.07) is 9.62. The van der Waals surface area contributed by atoms with Crippen LogP contribution < -0.4 is 5.73 Å². The Balaban J connectivity index is 3.01. The topological polar surface area (TPSA) is 72.5 Å². The molecule has 1 rings (SSSR count). The van der Waals surface area contributed by atoms with Crippen LogP contribution in [0, 0.1) is 0 Å². The summed E-state index contributed by atoms with van der Waals surface area (Å²) in [6.45, 7) is 5.61. The molecule has 0 fully saturated rings. The lowest BCUT2D eigenvalue weighted by Crippen LogP contribution is -2.24. The van der Waals surface area contributed by atoms with Gasteiger partial charge in [-0.2, -0.15) is 0 Å². The normalized spacial score (nSPS) is 14.4. The summed E-state index contributed by atoms with van der Waals surface area (Å²) < 4.78 is 4.96. The Kier molecular flexibility index (Phi) is 6.69. The van der Waals surface area contributed by atoms with Crippen molar-refractivity contribution < 1.29 is 14.6 Å². The summed E-state index contributed by atoms with van der Waals surface area (Å²) in [5, 5.41) is 10.3. The van der Waals surface area contributed by atoms with E-state index in [4.69, 9.17) is 10.5 Å². The molecule has 1 aromatic carbocycles. The lowest BCUT2D eigenvalue weighted by Gasteiger charge is -2.16. The number of aliphatic hydroxyl groups is 1. The first kappa shape index (κ1) is 17.0. The number of benzene rings is 1. The number of hydrogen-bond donors (Lipinski definition) is 2. The van der Waals surface area contributed by atoms with Crippen molar-refractivity contribution in [2.24, 2.45) is 5.73 Å². The van der Waals surface area contributed by atoms with E-state index < -0.39 is 12.1 Å². The van der Waals surface area contributed by atoms with Gasteiger partial charge < -0.3 is 15.6 Å². The first-order valence-corrected chi connectivity index (χ1v) is 7.08. The van der Waals surface area contributed by atoms with E-state index in [0.717, 1.165) is 5.56 Å². The summed E-state index contributed by atoms with van der Waals surface area (Å²) in [5.74, 6) is -0.468. The van der Waals surface area contributed by atoms with Gasteiger partial charge in [0.2, 0.25) is 0 Å². The lowest BCUT2D eigenvalue weighted by molar-refractivity contribution is -0.138. The second kappa shape index (κ2) is 8.27. The second-order valence-electron chi connectivity index (χ2n) is 4.71. The van der Waals surface area contributed by atoms with Crippen molar-refractivity contribution in [3.63, 3.8) is 0 Å². The Morgan fingerprint density at radius 3 is 2.48 bits per heavy atom. The van der Waals surface area contributed by atoms with Crippen molar-refractivity contribution in [1.82, 2.24) is 0 Å². The van der Waals surface area contributed by atoms with E-state index in [-0.39, 0.29) is 12.3 Å². The molecule has 0 spiro atoms. The number of carbonyl (C=O) groups excluding carboxylic acids is 1. The van der Waals surface area contributed by atoms with E-state index in [1.54, 1.807) is 13.8 Å². The maximum Gasteiger partial charge on any atom is 0.335 e. The monoisotopic (exact) mass is 289 g/mol. The quantitative estimate of drug-likeness (QED) is 0.624. The largest absolute Gasteiger partial charge is 0.463 e. The molecule has 0 radical (unpaired) electrons. The maximum absolute atomic E-state index is 11.8. The zero-order valence-electron chi connectivity index (χ0n) is 12.8. The molecule has 0 aliphatic rings. The molecule has 0 bridgehead atoms. The van der Waals surface area contributed by atoms with Gasteiger partial charge in [0, 0.05) is 0 Å². The van der Waals surface area contributed by atoms with Crippen molar-refractivity contribution in [1.29, 1.82) is 0 Å². The van der Waals surface area contributed by atoms with Gasteiger partial charge >= 0.3 is 5.97 Å². The van der Waals surface area contributed by atoms with Gasteiger partial charge in [0.25, 0.3) is 0 Å². The van der Waals surface area contributed by atoms with Crippen molar-refractivity contribution in [2.75, 3.05) is 6.61 Å². The van der Waals surface area contributed by atoms with Crippen LogP contribution in [0.4, 0.5) is 0 Å². The number of carbonyl (C=O) groups is 1. The minimum absolute atomic E-state index is 0.153. The fourth-order valence-electron chi connectivity index (χ4n) is 1.99. The Morgan fingerprint density at radius 2 is 1.95 bits per heavy atom. The van der Waals surface area contributed by atoms with Gasteiger partial charge in [-0.05, 0) is 31.4 Å². The van der Waals surface area contributed by atoms with Crippen LogP contribution in [-0.2, 0) is 9.53 Å². The molecule has 0 saturated heterocycles. The molecule has 114 valence electrons. The summed E-state index contributed by atoms with van der Waals surface area (Å²) in [5.41, 5.74) is 8.07. The first-order valence-electron chi connectivity index (χ1n) is 7.08. The van der Waals surface area contributed by atoms with Crippen molar-refractivity contribution in [2.45, 2.75) is 33.3 Å². The molecule has 4 nitrogen and oxygen atoms in total. The van der Waals surface area contributed by atoms with Crippen LogP contribution in [0.25, 0.3) is 6.08 Å². The standard InChI is InChI=1S/C17H23NO3/c1-4-14(17(20)21-5-2)15(18)16(19)12(3)11-13-9-7-6-8-10-13/h6-11,16,19H,4-5,18H2,1-3H3/b12-11+,15-14-. The Labute approximate surface area is 125 Å². The summed E-state index contributed by atoms with van der Waals surface area (Å²) >= 11 is 0. The molecule has 0 aromatic heterocycles. The van der Waals surface area contributed by atoms with Crippen molar-refractivity contribution in [3.05, 3.63) is 52.7 Å². The zero-order chi connectivity index (χ0) is 15.8. The van der Waals surface area contributed by atoms with E-state index in [1.807, 2.05) is 43.3 Å². The van der Waals surface area contributed by atoms with Crippen LogP contribution >= 0.6 is 0 Å². The SMILES string of the molecule is CCOC(=O)/C(CC)=C(\N)C(O)/C(C)=C/c1ccccc1. The Hall–Kier alpha value is -2.07. The van der Waals surface area contributed by atoms with Gasteiger partial charge in [-0.25, -0.2) is 4.79 Å². The Bertz CT molecular complexity index is 532. The van der Waals surface area contributed by atoms with Crippen molar-refractivity contribution in [3.8, 4) is 0 Å². The minimum atomic E-state index is -0.996. The summed E-state index contributed by atoms with van der Waals surface area (Å²) in [7, 11) is 0. The molecule has 1 atom stereocenters. The maximum atomic E-state index is 11.8. The average Bonchev–Trinajstić information content (AvgIpc) is 2.48. The molecular weight excluding hydrogens is 266 g/mol. The number of ether oxygens (including phenoxy) is 1. The number of rotatable bonds is 6. The predicted molar refractivity (Wildman–Crippen MR) is 84.2 cm³/mol. The van der Waals surface area contributed by atoms with E-state index in [0.29, 0.717) is 17.6 Å². The third-order valence-corrected chi connectivity index (χ3v) is 3.14. The number of nitrogens with two attached hydrogens (primary N) is 1. The molecule has 1 unspecified atom stereocenters. The summed E-state index contributed by atoms with van der Waals surface area (Å²) in [6.07, 6.45) is 1.26. The second-order valence-corrected chi connectivity index (χ2v) is 4.71. The molecule has 1 aromatic rings. The third-order valence-electron chi connectivity index (χ3n) is 3.14. The third kappa shape index (κ3) is 4.76. The highest BCUT2D eigenvalue weighted by Crippen LogP contribution is 2.17. The van der Waals surface area contributed by atoms with E-state index >= 15 is 0 Å². The van der Waals surface area contributed by atoms with Gasteiger partial charge in [0.1, 0.15) is 6.10 Å². The molecule has 0 amide bonds. The minimum Gasteiger partial charge on any atom is -0.463 e. The average molecular weight is 289 g/mol. The lowest BCUT2D eigenvalue weighted by atomic mass is 10.0. The molecule has 0 aliphatic heterocycles. The number of esters is 1. The molecule has 21 heavy (non-hydrogen) atoms. The van der Waals surface area contributed by atoms with E-state index in [2.05, 4.69) is 0 Å². The molecule has 3 N–H and O–H groups in total. The van der Waals surface area contributed by atoms with Gasteiger partial charge in [-0.1, -0.05) is 43.3 Å². The smallest absolute Gasteiger partial charge is 0.335 e. The molecule has 4 heteroatoms. The van der Waals surface area contributed by atoms with E-state index in [1.165, 1.54) is 0 Å². The van der Waals surface area contributed by atoms with Crippen LogP contribution in [-0.4, -0.2) is 23.8 Å². The van der Waals surface area contributed by atoms with Crippen LogP contribution in [0.3, 0.4) is 0 Å². The molecule has 0 saturated carbocycles. The van der Waals surface area contributed by atoms with Crippen LogP contribution in [0.15, 0.2) is 47.2 Å². The van der Waals surface area contributed by atoms with Crippen molar-refractivity contribution >= 4 is 12.0 Å². The summed E-state index contributed by atoms with van der Waals surface area (Å²) in [4.78, 5) is 11.8. The van der Waals surface area contributed by atoms with Gasteiger partial charge in [-0.15, -0.1) is 0 Å². The number of hydrogen-bond acceptors (Lipinski definition) is 4. The van der Waals surface area contributed by atoms with Crippen LogP contribution in [0.2, 0.25) is 0 Å². The first-order chi connectivity index (χ1) is 10.0. The van der Waals surface area contributed by atoms with Gasteiger partial charge in [-0.3, -0.25) is 0 Å². The van der Waals surface area contributed by atoms with Gasteiger partial charge in [0.05, 0.1) is 17.9 Å². The highest BCUT2D eigenvalue weighted by Gasteiger charge is 2.19. The zero-order valence-corrected chi connectivity index (χ0v) is 12.8. The van der Waals surface area contributed by atoms with Crippen LogP contribution in [0.5, 0.6) is 0 Å². The van der Waals surface area contributed by atoms with Gasteiger partial charge in [0.15, 0.2) is 0 Å². The highest BCUT2D eigenvalue weighted by molar-refractivity contribution is 5.89. The Morgan fingerprint density at radius 1 is 1.33 bits per heavy atom. The predicted octanol–water partition coefficient (Wildman–Crippen LogP) is 2.64. The fraction of sp³-hybridized carbons (Fsp3) is 0.353. The molecule has 0 heterocycles. The number of aliphatic hydroxyl groups excluding tert-OH is 1. The van der Waals surface area contributed by atoms with E-state index in [9.17, 15) is 9.90 Å². The molecular formula is C17H23NO3. The highest BCUT2D eigenvalue weighted by atomic mass is 16.5. The fourth-order valence-corrected chi connectivity index (χ4v) is 1.99. The molecule has 0 aliphatic carbocycles. The van der Waals surface area contributed by atoms with Crippen LogP contribution in [0.1, 0.15) is 32.8 Å².